The Morgan fingerprint density at radius 2 is 1.65 bits per heavy atom. The number of esters is 1. The molecule has 1 aliphatic rings. The number of nitrogens with one attached hydrogen (secondary N) is 2. The van der Waals surface area contributed by atoms with Gasteiger partial charge in [0.05, 0.1) is 7.11 Å². The van der Waals surface area contributed by atoms with E-state index in [0.29, 0.717) is 0 Å². The van der Waals surface area contributed by atoms with Crippen LogP contribution in [0, 0.1) is 5.82 Å². The van der Waals surface area contributed by atoms with Gasteiger partial charge in [-0.3, -0.25) is 4.79 Å². The van der Waals surface area contributed by atoms with Gasteiger partial charge in [0.15, 0.2) is 0 Å². The number of carbonyl (C=O) groups excluding carboxylic acids is 1. The first-order chi connectivity index (χ1) is 12.7. The lowest BCUT2D eigenvalue weighted by Gasteiger charge is -2.31. The number of methoxy groups -OCH3 is 1. The van der Waals surface area contributed by atoms with Crippen LogP contribution in [-0.2, 0) is 9.53 Å². The van der Waals surface area contributed by atoms with E-state index in [1.165, 1.54) is 19.2 Å². The molecule has 26 heavy (non-hydrogen) atoms. The minimum Gasteiger partial charge on any atom is -0.469 e. The first kappa shape index (κ1) is 16.5. The van der Waals surface area contributed by atoms with Crippen LogP contribution in [0.25, 0.3) is 10.8 Å². The van der Waals surface area contributed by atoms with Crippen molar-refractivity contribution in [1.29, 1.82) is 0 Å². The van der Waals surface area contributed by atoms with Gasteiger partial charge < -0.3 is 15.2 Å². The van der Waals surface area contributed by atoms with Gasteiger partial charge in [0, 0.05) is 29.0 Å². The zero-order valence-corrected chi connectivity index (χ0v) is 14.3. The number of hydrogen-bond acceptors (Lipinski definition) is 4. The molecule has 3 aromatic carbocycles. The van der Waals surface area contributed by atoms with Crippen LogP contribution >= 0.6 is 0 Å². The second-order valence-corrected chi connectivity index (χ2v) is 6.41. The average molecular weight is 348 g/mol. The fourth-order valence-electron chi connectivity index (χ4n) is 3.55. The molecule has 0 radical (unpaired) electrons. The van der Waals surface area contributed by atoms with Crippen LogP contribution < -0.4 is 10.5 Å². The first-order valence-electron chi connectivity index (χ1n) is 8.53. The number of hydrogen-bond donors (Lipinski definition) is 2. The molecule has 0 spiro atoms. The second-order valence-electron chi connectivity index (χ2n) is 6.41. The largest absolute Gasteiger partial charge is 0.469 e. The maximum absolute atomic E-state index is 13.3. The molecule has 0 fully saturated rings. The van der Waals surface area contributed by atoms with E-state index in [1.54, 1.807) is 12.1 Å². The molecule has 0 amide bonds. The molecular weight excluding hydrogens is 330 g/mol. The van der Waals surface area contributed by atoms with Gasteiger partial charge in [-0.05, 0) is 35.2 Å². The molecule has 0 aliphatic carbocycles. The van der Waals surface area contributed by atoms with Crippen molar-refractivity contribution in [2.45, 2.75) is 12.2 Å². The molecule has 4 rings (SSSR count). The molecule has 0 bridgehead atoms. The van der Waals surface area contributed by atoms with Crippen LogP contribution in [0.1, 0.15) is 17.8 Å². The standard InChI is InChI=1S/C20H18BFN2O2/c1-26-19(25)12-16(13-8-10-15(22)11-9-13)21-23-17-6-2-4-14-5-3-7-18(24-21)20(14)17/h2-11,16,23-24H,12H2,1H3/t16-/m0/s1. The molecular formula is C20H18BFN2O2. The minimum absolute atomic E-state index is 0.185. The highest BCUT2D eigenvalue weighted by atomic mass is 19.1. The molecule has 1 atom stereocenters. The van der Waals surface area contributed by atoms with E-state index in [1.807, 2.05) is 24.3 Å². The van der Waals surface area contributed by atoms with Gasteiger partial charge in [0.2, 0.25) is 0 Å². The van der Waals surface area contributed by atoms with Crippen molar-refractivity contribution in [2.75, 3.05) is 17.6 Å². The van der Waals surface area contributed by atoms with Crippen molar-refractivity contribution in [3.8, 4) is 0 Å². The lowest BCUT2D eigenvalue weighted by molar-refractivity contribution is -0.140. The quantitative estimate of drug-likeness (QED) is 0.548. The van der Waals surface area contributed by atoms with E-state index in [-0.39, 0.29) is 31.0 Å². The highest BCUT2D eigenvalue weighted by molar-refractivity contribution is 6.69. The maximum atomic E-state index is 13.3. The predicted octanol–water partition coefficient (Wildman–Crippen LogP) is 4.19. The SMILES string of the molecule is COC(=O)C[C@H](B1Nc2cccc3cccc(c23)N1)c1ccc(F)cc1. The Kier molecular flexibility index (Phi) is 4.25. The fraction of sp³-hybridized carbons (Fsp3) is 0.150. The summed E-state index contributed by atoms with van der Waals surface area (Å²) in [6.45, 7) is -0.222. The Labute approximate surface area is 151 Å². The Hall–Kier alpha value is -3.02. The minimum atomic E-state index is -0.306. The predicted molar refractivity (Wildman–Crippen MR) is 103 cm³/mol. The molecule has 0 saturated carbocycles. The summed E-state index contributed by atoms with van der Waals surface area (Å²) >= 11 is 0. The van der Waals surface area contributed by atoms with Gasteiger partial charge in [0.25, 0.3) is 0 Å². The number of carbonyl (C=O) groups is 1. The summed E-state index contributed by atoms with van der Waals surface area (Å²) in [5.74, 6) is -0.822. The highest BCUT2D eigenvalue weighted by Gasteiger charge is 2.34. The van der Waals surface area contributed by atoms with Gasteiger partial charge in [-0.25, -0.2) is 4.39 Å². The van der Waals surface area contributed by atoms with Gasteiger partial charge >= 0.3 is 13.0 Å². The van der Waals surface area contributed by atoms with Crippen LogP contribution in [-0.4, -0.2) is 20.1 Å². The van der Waals surface area contributed by atoms with Crippen LogP contribution in [0.4, 0.5) is 15.8 Å². The van der Waals surface area contributed by atoms with Crippen molar-refractivity contribution >= 4 is 35.1 Å². The van der Waals surface area contributed by atoms with Crippen LogP contribution in [0.2, 0.25) is 0 Å². The molecule has 1 aliphatic heterocycles. The Balaban J connectivity index is 1.72. The molecule has 0 unspecified atom stereocenters. The summed E-state index contributed by atoms with van der Waals surface area (Å²) in [7, 11) is 1.38. The summed E-state index contributed by atoms with van der Waals surface area (Å²) in [6, 6.07) is 18.5. The molecule has 0 saturated heterocycles. The Morgan fingerprint density at radius 1 is 1.04 bits per heavy atom. The number of rotatable bonds is 4. The van der Waals surface area contributed by atoms with Crippen molar-refractivity contribution < 1.29 is 13.9 Å². The Morgan fingerprint density at radius 3 is 2.23 bits per heavy atom. The molecule has 6 heteroatoms. The van der Waals surface area contributed by atoms with Gasteiger partial charge in [-0.1, -0.05) is 36.4 Å². The zero-order chi connectivity index (χ0) is 18.1. The number of halogens is 1. The zero-order valence-electron chi connectivity index (χ0n) is 14.3. The summed E-state index contributed by atoms with van der Waals surface area (Å²) in [4.78, 5) is 12.0. The lowest BCUT2D eigenvalue weighted by Crippen LogP contribution is -2.44. The van der Waals surface area contributed by atoms with Crippen LogP contribution in [0.3, 0.4) is 0 Å². The summed E-state index contributed by atoms with van der Waals surface area (Å²) < 4.78 is 18.2. The van der Waals surface area contributed by atoms with E-state index in [0.717, 1.165) is 27.7 Å². The lowest BCUT2D eigenvalue weighted by atomic mass is 9.56. The third-order valence-electron chi connectivity index (χ3n) is 4.84. The molecule has 3 aromatic rings. The van der Waals surface area contributed by atoms with Crippen molar-refractivity contribution in [3.05, 3.63) is 72.0 Å². The third kappa shape index (κ3) is 2.99. The van der Waals surface area contributed by atoms with E-state index in [4.69, 9.17) is 4.74 Å². The van der Waals surface area contributed by atoms with E-state index < -0.39 is 0 Å². The van der Waals surface area contributed by atoms with E-state index in [9.17, 15) is 9.18 Å². The topological polar surface area (TPSA) is 50.4 Å². The number of ether oxygens (including phenoxy) is 1. The third-order valence-corrected chi connectivity index (χ3v) is 4.84. The smallest absolute Gasteiger partial charge is 0.378 e. The Bertz CT molecular complexity index is 921. The number of anilines is 2. The van der Waals surface area contributed by atoms with E-state index >= 15 is 0 Å². The first-order valence-corrected chi connectivity index (χ1v) is 8.53. The second kappa shape index (κ2) is 6.71. The van der Waals surface area contributed by atoms with Gasteiger partial charge in [-0.15, -0.1) is 0 Å². The summed E-state index contributed by atoms with van der Waals surface area (Å²) in [5.41, 5.74) is 2.89. The fourth-order valence-corrected chi connectivity index (χ4v) is 3.55. The average Bonchev–Trinajstić information content (AvgIpc) is 2.67. The van der Waals surface area contributed by atoms with Crippen molar-refractivity contribution in [3.63, 3.8) is 0 Å². The van der Waals surface area contributed by atoms with Crippen LogP contribution in [0.15, 0.2) is 60.7 Å². The molecule has 130 valence electrons. The molecule has 4 nitrogen and oxygen atoms in total. The number of benzene rings is 3. The van der Waals surface area contributed by atoms with Gasteiger partial charge in [0.1, 0.15) is 5.82 Å². The molecule has 2 N–H and O–H groups in total. The van der Waals surface area contributed by atoms with Crippen molar-refractivity contribution in [2.24, 2.45) is 0 Å². The summed E-state index contributed by atoms with van der Waals surface area (Å²) in [6.07, 6.45) is 0.185. The van der Waals surface area contributed by atoms with Crippen LogP contribution in [0.5, 0.6) is 0 Å². The maximum Gasteiger partial charge on any atom is 0.378 e. The normalized spacial score (nSPS) is 13.7. The van der Waals surface area contributed by atoms with Gasteiger partial charge in [-0.2, -0.15) is 0 Å². The highest BCUT2D eigenvalue weighted by Crippen LogP contribution is 2.37. The monoisotopic (exact) mass is 348 g/mol. The summed E-state index contributed by atoms with van der Waals surface area (Å²) in [5, 5.41) is 9.25. The molecule has 0 aromatic heterocycles. The van der Waals surface area contributed by atoms with Crippen molar-refractivity contribution in [1.82, 2.24) is 0 Å². The molecule has 1 heterocycles. The van der Waals surface area contributed by atoms with E-state index in [2.05, 4.69) is 22.6 Å².